The third-order valence-corrected chi connectivity index (χ3v) is 2.95. The molecule has 0 fully saturated rings. The van der Waals surface area contributed by atoms with Crippen molar-refractivity contribution >= 4 is 5.91 Å². The van der Waals surface area contributed by atoms with Crippen LogP contribution in [-0.2, 0) is 23.2 Å². The molecule has 0 saturated heterocycles. The Hall–Kier alpha value is -2.21. The van der Waals surface area contributed by atoms with E-state index in [1.54, 1.807) is 10.9 Å². The number of carbonyl (C=O) groups is 1. The van der Waals surface area contributed by atoms with Crippen molar-refractivity contribution in [2.24, 2.45) is 7.05 Å². The molecule has 0 radical (unpaired) electrons. The molecular formula is C14H18N4O2. The Labute approximate surface area is 117 Å². The lowest BCUT2D eigenvalue weighted by molar-refractivity contribution is -0.126. The van der Waals surface area contributed by atoms with Gasteiger partial charge in [0.25, 0.3) is 0 Å². The molecule has 1 heterocycles. The Morgan fingerprint density at radius 3 is 2.80 bits per heavy atom. The van der Waals surface area contributed by atoms with Gasteiger partial charge >= 0.3 is 0 Å². The van der Waals surface area contributed by atoms with E-state index in [-0.39, 0.29) is 25.2 Å². The SMILES string of the molecule is C[C@@H](NC(=O)COCc1nncn1C)c1ccccc1. The minimum Gasteiger partial charge on any atom is -0.364 e. The van der Waals surface area contributed by atoms with E-state index < -0.39 is 0 Å². The molecule has 0 saturated carbocycles. The third-order valence-electron chi connectivity index (χ3n) is 2.95. The van der Waals surface area contributed by atoms with Crippen LogP contribution in [0.5, 0.6) is 0 Å². The van der Waals surface area contributed by atoms with Gasteiger partial charge in [-0.15, -0.1) is 10.2 Å². The first-order chi connectivity index (χ1) is 9.66. The average Bonchev–Trinajstić information content (AvgIpc) is 2.85. The van der Waals surface area contributed by atoms with Crippen molar-refractivity contribution in [2.75, 3.05) is 6.61 Å². The molecule has 20 heavy (non-hydrogen) atoms. The number of hydrogen-bond acceptors (Lipinski definition) is 4. The van der Waals surface area contributed by atoms with E-state index in [4.69, 9.17) is 4.74 Å². The maximum atomic E-state index is 11.8. The molecule has 6 nitrogen and oxygen atoms in total. The van der Waals surface area contributed by atoms with Crippen LogP contribution in [-0.4, -0.2) is 27.3 Å². The summed E-state index contributed by atoms with van der Waals surface area (Å²) in [6, 6.07) is 9.76. The number of ether oxygens (including phenoxy) is 1. The molecule has 0 bridgehead atoms. The van der Waals surface area contributed by atoms with Crippen molar-refractivity contribution in [3.8, 4) is 0 Å². The van der Waals surface area contributed by atoms with Crippen LogP contribution in [0.1, 0.15) is 24.4 Å². The lowest BCUT2D eigenvalue weighted by Crippen LogP contribution is -2.30. The number of aromatic nitrogens is 3. The largest absolute Gasteiger partial charge is 0.364 e. The zero-order valence-electron chi connectivity index (χ0n) is 11.6. The van der Waals surface area contributed by atoms with E-state index >= 15 is 0 Å². The molecule has 0 aliphatic carbocycles. The van der Waals surface area contributed by atoms with E-state index in [1.165, 1.54) is 0 Å². The highest BCUT2D eigenvalue weighted by Crippen LogP contribution is 2.10. The molecule has 2 rings (SSSR count). The van der Waals surface area contributed by atoms with Gasteiger partial charge in [-0.05, 0) is 12.5 Å². The van der Waals surface area contributed by atoms with Crippen molar-refractivity contribution < 1.29 is 9.53 Å². The van der Waals surface area contributed by atoms with Gasteiger partial charge in [0.1, 0.15) is 19.5 Å². The molecular weight excluding hydrogens is 256 g/mol. The summed E-state index contributed by atoms with van der Waals surface area (Å²) in [6.07, 6.45) is 1.59. The fraction of sp³-hybridized carbons (Fsp3) is 0.357. The fourth-order valence-electron chi connectivity index (χ4n) is 1.78. The number of nitrogens with one attached hydrogen (secondary N) is 1. The lowest BCUT2D eigenvalue weighted by atomic mass is 10.1. The number of benzene rings is 1. The molecule has 0 spiro atoms. The summed E-state index contributed by atoms with van der Waals surface area (Å²) in [5, 5.41) is 10.5. The fourth-order valence-corrected chi connectivity index (χ4v) is 1.78. The van der Waals surface area contributed by atoms with Gasteiger partial charge in [0, 0.05) is 7.05 Å². The van der Waals surface area contributed by atoms with Crippen LogP contribution < -0.4 is 5.32 Å². The molecule has 0 aliphatic rings. The highest BCUT2D eigenvalue weighted by Gasteiger charge is 2.09. The van der Waals surface area contributed by atoms with Crippen LogP contribution in [0.4, 0.5) is 0 Å². The minimum atomic E-state index is -0.150. The molecule has 0 aliphatic heterocycles. The monoisotopic (exact) mass is 274 g/mol. The number of amides is 1. The lowest BCUT2D eigenvalue weighted by Gasteiger charge is -2.14. The minimum absolute atomic E-state index is 0.00400. The number of carbonyl (C=O) groups excluding carboxylic acids is 1. The van der Waals surface area contributed by atoms with Crippen LogP contribution >= 0.6 is 0 Å². The quantitative estimate of drug-likeness (QED) is 0.859. The van der Waals surface area contributed by atoms with Gasteiger partial charge in [0.2, 0.25) is 5.91 Å². The summed E-state index contributed by atoms with van der Waals surface area (Å²) >= 11 is 0. The van der Waals surface area contributed by atoms with Crippen molar-refractivity contribution in [1.82, 2.24) is 20.1 Å². The molecule has 2 aromatic rings. The van der Waals surface area contributed by atoms with Crippen molar-refractivity contribution in [3.63, 3.8) is 0 Å². The maximum absolute atomic E-state index is 11.8. The third kappa shape index (κ3) is 3.89. The predicted octanol–water partition coefficient (Wildman–Crippen LogP) is 1.21. The van der Waals surface area contributed by atoms with Crippen LogP contribution in [0.2, 0.25) is 0 Å². The Bertz CT molecular complexity index is 553. The summed E-state index contributed by atoms with van der Waals surface area (Å²) < 4.78 is 7.08. The van der Waals surface area contributed by atoms with Gasteiger partial charge in [0.05, 0.1) is 6.04 Å². The van der Waals surface area contributed by atoms with Gasteiger partial charge in [-0.1, -0.05) is 30.3 Å². The Kier molecular flexibility index (Phi) is 4.84. The zero-order chi connectivity index (χ0) is 14.4. The van der Waals surface area contributed by atoms with Crippen LogP contribution in [0.25, 0.3) is 0 Å². The highest BCUT2D eigenvalue weighted by atomic mass is 16.5. The number of rotatable bonds is 6. The van der Waals surface area contributed by atoms with Gasteiger partial charge in [-0.2, -0.15) is 0 Å². The summed E-state index contributed by atoms with van der Waals surface area (Å²) in [5.41, 5.74) is 1.06. The van der Waals surface area contributed by atoms with Gasteiger partial charge in [0.15, 0.2) is 5.82 Å². The molecule has 6 heteroatoms. The van der Waals surface area contributed by atoms with E-state index in [2.05, 4.69) is 15.5 Å². The van der Waals surface area contributed by atoms with E-state index in [0.29, 0.717) is 5.82 Å². The number of aryl methyl sites for hydroxylation is 1. The Balaban J connectivity index is 1.74. The van der Waals surface area contributed by atoms with E-state index in [0.717, 1.165) is 5.56 Å². The van der Waals surface area contributed by atoms with Crippen LogP contribution in [0, 0.1) is 0 Å². The smallest absolute Gasteiger partial charge is 0.246 e. The molecule has 1 amide bonds. The van der Waals surface area contributed by atoms with Gasteiger partial charge < -0.3 is 14.6 Å². The average molecular weight is 274 g/mol. The molecule has 106 valence electrons. The molecule has 1 atom stereocenters. The van der Waals surface area contributed by atoms with Crippen molar-refractivity contribution in [3.05, 3.63) is 48.0 Å². The summed E-state index contributed by atoms with van der Waals surface area (Å²) in [5.74, 6) is 0.539. The van der Waals surface area contributed by atoms with E-state index in [1.807, 2.05) is 44.3 Å². The second-order valence-corrected chi connectivity index (χ2v) is 4.55. The first-order valence-electron chi connectivity index (χ1n) is 6.41. The summed E-state index contributed by atoms with van der Waals surface area (Å²) in [4.78, 5) is 11.8. The molecule has 0 unspecified atom stereocenters. The van der Waals surface area contributed by atoms with Crippen molar-refractivity contribution in [2.45, 2.75) is 19.6 Å². The topological polar surface area (TPSA) is 69.0 Å². The first kappa shape index (κ1) is 14.2. The molecule has 1 aromatic heterocycles. The highest BCUT2D eigenvalue weighted by molar-refractivity contribution is 5.77. The standard InChI is InChI=1S/C14H18N4O2/c1-11(12-6-4-3-5-7-12)16-14(19)9-20-8-13-17-15-10-18(13)2/h3-7,10-11H,8-9H2,1-2H3,(H,16,19)/t11-/m1/s1. The Morgan fingerprint density at radius 1 is 1.40 bits per heavy atom. The first-order valence-corrected chi connectivity index (χ1v) is 6.41. The van der Waals surface area contributed by atoms with Crippen LogP contribution in [0.3, 0.4) is 0 Å². The molecule has 1 N–H and O–H groups in total. The second kappa shape index (κ2) is 6.81. The predicted molar refractivity (Wildman–Crippen MR) is 73.7 cm³/mol. The number of nitrogens with zero attached hydrogens (tertiary/aromatic N) is 3. The van der Waals surface area contributed by atoms with E-state index in [9.17, 15) is 4.79 Å². The summed E-state index contributed by atoms with van der Waals surface area (Å²) in [6.45, 7) is 2.21. The normalized spacial score (nSPS) is 12.1. The van der Waals surface area contributed by atoms with Crippen molar-refractivity contribution in [1.29, 1.82) is 0 Å². The maximum Gasteiger partial charge on any atom is 0.246 e. The summed E-state index contributed by atoms with van der Waals surface area (Å²) in [7, 11) is 1.83. The second-order valence-electron chi connectivity index (χ2n) is 4.55. The Morgan fingerprint density at radius 2 is 2.15 bits per heavy atom. The van der Waals surface area contributed by atoms with Gasteiger partial charge in [-0.3, -0.25) is 4.79 Å². The van der Waals surface area contributed by atoms with Crippen LogP contribution in [0.15, 0.2) is 36.7 Å². The zero-order valence-corrected chi connectivity index (χ0v) is 11.6. The molecule has 1 aromatic carbocycles. The number of hydrogen-bond donors (Lipinski definition) is 1. The van der Waals surface area contributed by atoms with Gasteiger partial charge in [-0.25, -0.2) is 0 Å².